The average molecular weight is 304 g/mol. The van der Waals surface area contributed by atoms with Crippen molar-refractivity contribution < 1.29 is 14.6 Å². The Bertz CT molecular complexity index is 488. The van der Waals surface area contributed by atoms with Crippen LogP contribution in [0.3, 0.4) is 0 Å². The lowest BCUT2D eigenvalue weighted by molar-refractivity contribution is 0.0162. The molecule has 0 aromatic heterocycles. The Kier molecular flexibility index (Phi) is 4.95. The topological polar surface area (TPSA) is 53.0 Å². The van der Waals surface area contributed by atoms with Crippen molar-refractivity contribution in [3.05, 3.63) is 35.9 Å². The van der Waals surface area contributed by atoms with Gasteiger partial charge in [0.2, 0.25) is 0 Å². The van der Waals surface area contributed by atoms with E-state index in [1.807, 2.05) is 30.3 Å². The number of morpholine rings is 1. The minimum Gasteiger partial charge on any atom is -0.465 e. The van der Waals surface area contributed by atoms with Gasteiger partial charge in [-0.1, -0.05) is 30.3 Å². The molecule has 1 saturated heterocycles. The van der Waals surface area contributed by atoms with Gasteiger partial charge in [0.1, 0.15) is 0 Å². The summed E-state index contributed by atoms with van der Waals surface area (Å²) in [6, 6.07) is 10.5. The Balaban J connectivity index is 1.62. The Hall–Kier alpha value is -1.59. The zero-order chi connectivity index (χ0) is 15.4. The number of rotatable bonds is 4. The van der Waals surface area contributed by atoms with Crippen molar-refractivity contribution in [2.45, 2.75) is 37.9 Å². The van der Waals surface area contributed by atoms with Crippen molar-refractivity contribution >= 4 is 6.09 Å². The summed E-state index contributed by atoms with van der Waals surface area (Å²) in [6.45, 7) is 4.03. The van der Waals surface area contributed by atoms with Gasteiger partial charge in [-0.3, -0.25) is 4.90 Å². The predicted octanol–water partition coefficient (Wildman–Crippen LogP) is 2.42. The van der Waals surface area contributed by atoms with Gasteiger partial charge in [0.25, 0.3) is 0 Å². The van der Waals surface area contributed by atoms with Crippen LogP contribution < -0.4 is 0 Å². The van der Waals surface area contributed by atoms with Crippen molar-refractivity contribution in [2.75, 3.05) is 26.3 Å². The number of carbonyl (C=O) groups is 1. The Morgan fingerprint density at radius 2 is 1.95 bits per heavy atom. The van der Waals surface area contributed by atoms with Crippen LogP contribution in [0.2, 0.25) is 0 Å². The number of carboxylic acid groups (broad SMARTS) is 1. The second-order valence-electron chi connectivity index (χ2n) is 6.17. The monoisotopic (exact) mass is 304 g/mol. The van der Waals surface area contributed by atoms with Gasteiger partial charge in [0, 0.05) is 31.7 Å². The molecule has 1 amide bonds. The maximum Gasteiger partial charge on any atom is 0.407 e. The molecule has 2 atom stereocenters. The number of amides is 1. The highest BCUT2D eigenvalue weighted by atomic mass is 16.5. The summed E-state index contributed by atoms with van der Waals surface area (Å²) in [5, 5.41) is 9.58. The van der Waals surface area contributed by atoms with Gasteiger partial charge >= 0.3 is 6.09 Å². The van der Waals surface area contributed by atoms with Gasteiger partial charge in [-0.15, -0.1) is 0 Å². The molecule has 5 nitrogen and oxygen atoms in total. The zero-order valence-corrected chi connectivity index (χ0v) is 12.9. The number of benzene rings is 1. The first-order valence-corrected chi connectivity index (χ1v) is 8.09. The summed E-state index contributed by atoms with van der Waals surface area (Å²) in [6.07, 6.45) is 2.18. The second kappa shape index (κ2) is 7.11. The van der Waals surface area contributed by atoms with Crippen molar-refractivity contribution in [3.63, 3.8) is 0 Å². The van der Waals surface area contributed by atoms with Gasteiger partial charge < -0.3 is 14.7 Å². The lowest BCUT2D eigenvalue weighted by Gasteiger charge is -2.33. The zero-order valence-electron chi connectivity index (χ0n) is 12.9. The standard InChI is InChI=1S/C17H24N2O3/c20-17(21)19(13-14-4-2-1-3-5-14)16-7-6-15(12-16)18-8-10-22-11-9-18/h1-5,15-16H,6-13H2,(H,20,21)/t15-,16+/m1/s1. The predicted molar refractivity (Wildman–Crippen MR) is 83.8 cm³/mol. The summed E-state index contributed by atoms with van der Waals surface area (Å²) in [4.78, 5) is 15.8. The van der Waals surface area contributed by atoms with Crippen LogP contribution in [0.1, 0.15) is 24.8 Å². The van der Waals surface area contributed by atoms with Crippen LogP contribution in [0.4, 0.5) is 4.79 Å². The van der Waals surface area contributed by atoms with Crippen LogP contribution in [-0.4, -0.2) is 59.4 Å². The van der Waals surface area contributed by atoms with E-state index in [9.17, 15) is 9.90 Å². The quantitative estimate of drug-likeness (QED) is 0.928. The third-order valence-corrected chi connectivity index (χ3v) is 4.82. The van der Waals surface area contributed by atoms with Crippen LogP contribution in [0.15, 0.2) is 30.3 Å². The lowest BCUT2D eigenvalue weighted by Crippen LogP contribution is -2.44. The van der Waals surface area contributed by atoms with E-state index >= 15 is 0 Å². The number of hydrogen-bond acceptors (Lipinski definition) is 3. The van der Waals surface area contributed by atoms with E-state index in [-0.39, 0.29) is 6.04 Å². The van der Waals surface area contributed by atoms with Crippen molar-refractivity contribution in [3.8, 4) is 0 Å². The molecule has 0 radical (unpaired) electrons. The molecule has 1 aromatic carbocycles. The van der Waals surface area contributed by atoms with E-state index in [1.54, 1.807) is 4.90 Å². The summed E-state index contributed by atoms with van der Waals surface area (Å²) < 4.78 is 5.40. The highest BCUT2D eigenvalue weighted by Crippen LogP contribution is 2.29. The fourth-order valence-corrected chi connectivity index (χ4v) is 3.62. The summed E-state index contributed by atoms with van der Waals surface area (Å²) >= 11 is 0. The maximum absolute atomic E-state index is 11.7. The third kappa shape index (κ3) is 3.59. The molecular weight excluding hydrogens is 280 g/mol. The molecule has 0 bridgehead atoms. The molecule has 3 rings (SSSR count). The first-order chi connectivity index (χ1) is 10.7. The molecule has 1 aromatic rings. The Morgan fingerprint density at radius 1 is 1.23 bits per heavy atom. The fraction of sp³-hybridized carbons (Fsp3) is 0.588. The highest BCUT2D eigenvalue weighted by molar-refractivity contribution is 5.65. The van der Waals surface area contributed by atoms with E-state index in [2.05, 4.69) is 4.90 Å². The normalized spacial score (nSPS) is 26.0. The van der Waals surface area contributed by atoms with Crippen LogP contribution >= 0.6 is 0 Å². The van der Waals surface area contributed by atoms with Crippen molar-refractivity contribution in [1.82, 2.24) is 9.80 Å². The Labute approximate surface area is 131 Å². The van der Waals surface area contributed by atoms with E-state index in [0.29, 0.717) is 12.6 Å². The summed E-state index contributed by atoms with van der Waals surface area (Å²) in [5.74, 6) is 0. The molecule has 1 N–H and O–H groups in total. The van der Waals surface area contributed by atoms with Gasteiger partial charge in [-0.2, -0.15) is 0 Å². The van der Waals surface area contributed by atoms with Gasteiger partial charge in [-0.25, -0.2) is 4.79 Å². The summed E-state index contributed by atoms with van der Waals surface area (Å²) in [5.41, 5.74) is 1.06. The SMILES string of the molecule is O=C(O)N(Cc1ccccc1)[C@H]1CC[C@@H](N2CCOCC2)C1. The van der Waals surface area contributed by atoms with Gasteiger partial charge in [0.05, 0.1) is 13.2 Å². The number of ether oxygens (including phenoxy) is 1. The number of hydrogen-bond donors (Lipinski definition) is 1. The molecule has 120 valence electrons. The molecule has 0 spiro atoms. The maximum atomic E-state index is 11.7. The third-order valence-electron chi connectivity index (χ3n) is 4.82. The molecule has 0 unspecified atom stereocenters. The molecular formula is C17H24N2O3. The fourth-order valence-electron chi connectivity index (χ4n) is 3.62. The molecule has 22 heavy (non-hydrogen) atoms. The molecule has 1 aliphatic heterocycles. The van der Waals surface area contributed by atoms with Crippen LogP contribution in [0, 0.1) is 0 Å². The molecule has 5 heteroatoms. The first kappa shape index (κ1) is 15.3. The van der Waals surface area contributed by atoms with E-state index < -0.39 is 6.09 Å². The van der Waals surface area contributed by atoms with Crippen LogP contribution in [0.25, 0.3) is 0 Å². The van der Waals surface area contributed by atoms with Gasteiger partial charge in [-0.05, 0) is 24.8 Å². The van der Waals surface area contributed by atoms with E-state index in [4.69, 9.17) is 4.74 Å². The highest BCUT2D eigenvalue weighted by Gasteiger charge is 2.35. The van der Waals surface area contributed by atoms with E-state index in [0.717, 1.165) is 51.1 Å². The second-order valence-corrected chi connectivity index (χ2v) is 6.17. The molecule has 1 heterocycles. The van der Waals surface area contributed by atoms with Crippen LogP contribution in [0.5, 0.6) is 0 Å². The Morgan fingerprint density at radius 3 is 2.64 bits per heavy atom. The van der Waals surface area contributed by atoms with Crippen LogP contribution in [-0.2, 0) is 11.3 Å². The minimum absolute atomic E-state index is 0.130. The first-order valence-electron chi connectivity index (χ1n) is 8.09. The number of nitrogens with zero attached hydrogens (tertiary/aromatic N) is 2. The summed E-state index contributed by atoms with van der Waals surface area (Å²) in [7, 11) is 0. The van der Waals surface area contributed by atoms with Crippen molar-refractivity contribution in [1.29, 1.82) is 0 Å². The molecule has 1 saturated carbocycles. The van der Waals surface area contributed by atoms with E-state index in [1.165, 1.54) is 0 Å². The van der Waals surface area contributed by atoms with Gasteiger partial charge in [0.15, 0.2) is 0 Å². The smallest absolute Gasteiger partial charge is 0.407 e. The van der Waals surface area contributed by atoms with Crippen molar-refractivity contribution in [2.24, 2.45) is 0 Å². The molecule has 1 aliphatic carbocycles. The minimum atomic E-state index is -0.809. The lowest BCUT2D eigenvalue weighted by atomic mass is 10.1. The average Bonchev–Trinajstić information content (AvgIpc) is 3.04. The molecule has 2 fully saturated rings. The largest absolute Gasteiger partial charge is 0.465 e. The molecule has 2 aliphatic rings.